The van der Waals surface area contributed by atoms with Gasteiger partial charge in [-0.05, 0) is 41.3 Å². The normalized spacial score (nSPS) is 10.1. The molecule has 0 fully saturated rings. The van der Waals surface area contributed by atoms with Crippen molar-refractivity contribution in [2.45, 2.75) is 26.4 Å². The van der Waals surface area contributed by atoms with Crippen molar-refractivity contribution in [3.05, 3.63) is 65.2 Å². The highest BCUT2D eigenvalue weighted by Crippen LogP contribution is 2.19. The lowest BCUT2D eigenvalue weighted by Crippen LogP contribution is -1.97. The highest BCUT2D eigenvalue weighted by molar-refractivity contribution is 5.37. The van der Waals surface area contributed by atoms with E-state index in [1.807, 2.05) is 36.4 Å². The maximum absolute atomic E-state index is 5.81. The Bertz CT molecular complexity index is 633. The standard InChI is InChI=1S/C19H21NO/c1-15(2)18-8-10-19(11-9-18)21-14-17-6-3-5-16(13-17)7-4-12-20/h3,5-6,8-11,13,15H,12,14,20H2,1-2H3. The molecule has 2 nitrogen and oxygen atoms in total. The average molecular weight is 279 g/mol. The zero-order valence-electron chi connectivity index (χ0n) is 12.6. The first-order valence-corrected chi connectivity index (χ1v) is 7.19. The Labute approximate surface area is 126 Å². The zero-order valence-corrected chi connectivity index (χ0v) is 12.6. The molecule has 21 heavy (non-hydrogen) atoms. The molecular weight excluding hydrogens is 258 g/mol. The van der Waals surface area contributed by atoms with Crippen LogP contribution in [0.25, 0.3) is 0 Å². The smallest absolute Gasteiger partial charge is 0.119 e. The molecule has 0 unspecified atom stereocenters. The molecule has 2 rings (SSSR count). The van der Waals surface area contributed by atoms with Crippen molar-refractivity contribution in [3.63, 3.8) is 0 Å². The Morgan fingerprint density at radius 3 is 2.52 bits per heavy atom. The molecule has 0 aliphatic rings. The highest BCUT2D eigenvalue weighted by Gasteiger charge is 2.00. The van der Waals surface area contributed by atoms with E-state index in [0.717, 1.165) is 16.9 Å². The average Bonchev–Trinajstić information content (AvgIpc) is 2.52. The molecule has 0 saturated heterocycles. The van der Waals surface area contributed by atoms with Gasteiger partial charge in [0.2, 0.25) is 0 Å². The van der Waals surface area contributed by atoms with Crippen LogP contribution in [0.5, 0.6) is 5.75 Å². The van der Waals surface area contributed by atoms with Gasteiger partial charge in [0.05, 0.1) is 6.54 Å². The SMILES string of the molecule is CC(C)c1ccc(OCc2cccc(C#CCN)c2)cc1. The van der Waals surface area contributed by atoms with Crippen molar-refractivity contribution in [1.82, 2.24) is 0 Å². The third-order valence-electron chi connectivity index (χ3n) is 3.21. The lowest BCUT2D eigenvalue weighted by molar-refractivity contribution is 0.306. The molecule has 0 aromatic heterocycles. The molecular formula is C19H21NO. The third kappa shape index (κ3) is 4.66. The van der Waals surface area contributed by atoms with E-state index >= 15 is 0 Å². The van der Waals surface area contributed by atoms with Crippen molar-refractivity contribution in [1.29, 1.82) is 0 Å². The maximum Gasteiger partial charge on any atom is 0.119 e. The summed E-state index contributed by atoms with van der Waals surface area (Å²) in [6.45, 7) is 5.29. The summed E-state index contributed by atoms with van der Waals surface area (Å²) in [7, 11) is 0. The van der Waals surface area contributed by atoms with Gasteiger partial charge in [0.15, 0.2) is 0 Å². The highest BCUT2D eigenvalue weighted by atomic mass is 16.5. The second-order valence-electron chi connectivity index (χ2n) is 5.22. The molecule has 0 bridgehead atoms. The van der Waals surface area contributed by atoms with Crippen LogP contribution in [0.15, 0.2) is 48.5 Å². The largest absolute Gasteiger partial charge is 0.489 e. The summed E-state index contributed by atoms with van der Waals surface area (Å²) in [6, 6.07) is 16.3. The van der Waals surface area contributed by atoms with Crippen LogP contribution in [0, 0.1) is 11.8 Å². The number of rotatable bonds is 4. The lowest BCUT2D eigenvalue weighted by Gasteiger charge is -2.09. The van der Waals surface area contributed by atoms with E-state index in [1.165, 1.54) is 5.56 Å². The van der Waals surface area contributed by atoms with Gasteiger partial charge in [-0.25, -0.2) is 0 Å². The Kier molecular flexibility index (Phi) is 5.43. The van der Waals surface area contributed by atoms with Gasteiger partial charge in [0, 0.05) is 5.56 Å². The molecule has 0 aliphatic heterocycles. The van der Waals surface area contributed by atoms with Crippen LogP contribution >= 0.6 is 0 Å². The first kappa shape index (κ1) is 15.2. The molecule has 2 heteroatoms. The van der Waals surface area contributed by atoms with Gasteiger partial charge in [-0.2, -0.15) is 0 Å². The minimum Gasteiger partial charge on any atom is -0.489 e. The zero-order chi connectivity index (χ0) is 15.1. The van der Waals surface area contributed by atoms with Crippen LogP contribution in [-0.4, -0.2) is 6.54 Å². The van der Waals surface area contributed by atoms with Gasteiger partial charge in [-0.3, -0.25) is 0 Å². The second kappa shape index (κ2) is 7.52. The van der Waals surface area contributed by atoms with Gasteiger partial charge < -0.3 is 10.5 Å². The number of nitrogens with two attached hydrogens (primary N) is 1. The van der Waals surface area contributed by atoms with E-state index in [2.05, 4.69) is 37.8 Å². The Hall–Kier alpha value is -2.24. The molecule has 0 aliphatic carbocycles. The summed E-state index contributed by atoms with van der Waals surface area (Å²) in [6.07, 6.45) is 0. The first-order valence-electron chi connectivity index (χ1n) is 7.19. The molecule has 0 atom stereocenters. The fourth-order valence-electron chi connectivity index (χ4n) is 2.01. The van der Waals surface area contributed by atoms with Crippen LogP contribution in [0.2, 0.25) is 0 Å². The van der Waals surface area contributed by atoms with Gasteiger partial charge >= 0.3 is 0 Å². The monoisotopic (exact) mass is 279 g/mol. The van der Waals surface area contributed by atoms with Crippen LogP contribution in [0.3, 0.4) is 0 Å². The molecule has 0 radical (unpaired) electrons. The molecule has 0 amide bonds. The maximum atomic E-state index is 5.81. The summed E-state index contributed by atoms with van der Waals surface area (Å²) in [5.74, 6) is 7.32. The van der Waals surface area contributed by atoms with Gasteiger partial charge in [-0.15, -0.1) is 0 Å². The predicted octanol–water partition coefficient (Wildman–Crippen LogP) is 3.70. The first-order chi connectivity index (χ1) is 10.2. The van der Waals surface area contributed by atoms with E-state index in [9.17, 15) is 0 Å². The molecule has 108 valence electrons. The Balaban J connectivity index is 1.99. The summed E-state index contributed by atoms with van der Waals surface area (Å²) in [4.78, 5) is 0. The number of ether oxygens (including phenoxy) is 1. The quantitative estimate of drug-likeness (QED) is 0.866. The van der Waals surface area contributed by atoms with E-state index in [0.29, 0.717) is 19.1 Å². The molecule has 0 spiro atoms. The van der Waals surface area contributed by atoms with Crippen LogP contribution < -0.4 is 10.5 Å². The lowest BCUT2D eigenvalue weighted by atomic mass is 10.0. The van der Waals surface area contributed by atoms with E-state index in [4.69, 9.17) is 10.5 Å². The van der Waals surface area contributed by atoms with E-state index < -0.39 is 0 Å². The summed E-state index contributed by atoms with van der Waals surface area (Å²) in [5, 5.41) is 0. The number of hydrogen-bond donors (Lipinski definition) is 1. The minimum atomic E-state index is 0.378. The van der Waals surface area contributed by atoms with Crippen LogP contribution in [0.4, 0.5) is 0 Å². The number of hydrogen-bond acceptors (Lipinski definition) is 2. The summed E-state index contributed by atoms with van der Waals surface area (Å²) in [5.41, 5.74) is 8.78. The molecule has 0 heterocycles. The van der Waals surface area contributed by atoms with Crippen molar-refractivity contribution >= 4 is 0 Å². The van der Waals surface area contributed by atoms with E-state index in [1.54, 1.807) is 0 Å². The van der Waals surface area contributed by atoms with Crippen molar-refractivity contribution < 1.29 is 4.74 Å². The van der Waals surface area contributed by atoms with Crippen molar-refractivity contribution in [3.8, 4) is 17.6 Å². The molecule has 2 N–H and O–H groups in total. The van der Waals surface area contributed by atoms with E-state index in [-0.39, 0.29) is 0 Å². The number of benzene rings is 2. The summed E-state index contributed by atoms with van der Waals surface area (Å²) < 4.78 is 5.81. The molecule has 2 aromatic rings. The minimum absolute atomic E-state index is 0.378. The van der Waals surface area contributed by atoms with Crippen molar-refractivity contribution in [2.75, 3.05) is 6.54 Å². The topological polar surface area (TPSA) is 35.2 Å². The van der Waals surface area contributed by atoms with Gasteiger partial charge in [0.25, 0.3) is 0 Å². The second-order valence-corrected chi connectivity index (χ2v) is 5.22. The molecule has 2 aromatic carbocycles. The molecule has 0 saturated carbocycles. The van der Waals surface area contributed by atoms with Crippen LogP contribution in [0.1, 0.15) is 36.5 Å². The Morgan fingerprint density at radius 1 is 1.10 bits per heavy atom. The van der Waals surface area contributed by atoms with Crippen molar-refractivity contribution in [2.24, 2.45) is 5.73 Å². The summed E-state index contributed by atoms with van der Waals surface area (Å²) >= 11 is 0. The fourth-order valence-corrected chi connectivity index (χ4v) is 2.01. The van der Waals surface area contributed by atoms with Gasteiger partial charge in [-0.1, -0.05) is 50.0 Å². The third-order valence-corrected chi connectivity index (χ3v) is 3.21. The predicted molar refractivity (Wildman–Crippen MR) is 87.2 cm³/mol. The van der Waals surface area contributed by atoms with Crippen LogP contribution in [-0.2, 0) is 6.61 Å². The Morgan fingerprint density at radius 2 is 1.86 bits per heavy atom. The fraction of sp³-hybridized carbons (Fsp3) is 0.263. The van der Waals surface area contributed by atoms with Gasteiger partial charge in [0.1, 0.15) is 12.4 Å².